The first-order chi connectivity index (χ1) is 16.1. The number of aromatic nitrogens is 1. The molecule has 1 aliphatic rings. The number of nitrogens with zero attached hydrogens (tertiary/aromatic N) is 2. The van der Waals surface area contributed by atoms with Gasteiger partial charge in [0.05, 0.1) is 5.69 Å². The summed E-state index contributed by atoms with van der Waals surface area (Å²) < 4.78 is 0. The van der Waals surface area contributed by atoms with Gasteiger partial charge in [0.25, 0.3) is 5.91 Å². The van der Waals surface area contributed by atoms with Crippen LogP contribution in [-0.4, -0.2) is 34.8 Å². The molecule has 166 valence electrons. The summed E-state index contributed by atoms with van der Waals surface area (Å²) in [6, 6.07) is 21.4. The van der Waals surface area contributed by atoms with Gasteiger partial charge in [-0.25, -0.2) is 4.98 Å². The number of hydrogen-bond acceptors (Lipinski definition) is 4. The summed E-state index contributed by atoms with van der Waals surface area (Å²) in [7, 11) is 0. The number of benzene rings is 3. The fourth-order valence-electron chi connectivity index (χ4n) is 4.14. The van der Waals surface area contributed by atoms with Crippen LogP contribution in [0.4, 0.5) is 5.13 Å². The second kappa shape index (κ2) is 9.33. The molecule has 1 aliphatic heterocycles. The van der Waals surface area contributed by atoms with Gasteiger partial charge in [0.15, 0.2) is 5.13 Å². The highest BCUT2D eigenvalue weighted by Crippen LogP contribution is 2.29. The first-order valence-electron chi connectivity index (χ1n) is 10.9. The molecule has 5 nitrogen and oxygen atoms in total. The predicted molar refractivity (Wildman–Crippen MR) is 134 cm³/mol. The summed E-state index contributed by atoms with van der Waals surface area (Å²) >= 11 is 7.34. The van der Waals surface area contributed by atoms with Crippen molar-refractivity contribution in [1.82, 2.24) is 9.88 Å². The average molecular weight is 476 g/mol. The third kappa shape index (κ3) is 4.77. The van der Waals surface area contributed by atoms with Gasteiger partial charge in [-0.3, -0.25) is 9.59 Å². The molecular formula is C26H22ClN3O2S. The number of thiazole rings is 1. The Bertz CT molecular complexity index is 1310. The Morgan fingerprint density at radius 3 is 2.45 bits per heavy atom. The smallest absolute Gasteiger partial charge is 0.253 e. The maximum Gasteiger partial charge on any atom is 0.253 e. The molecule has 4 aromatic rings. The number of carbonyl (C=O) groups excluding carboxylic acids is 2. The average Bonchev–Trinajstić information content (AvgIpc) is 3.32. The van der Waals surface area contributed by atoms with Crippen LogP contribution in [0.3, 0.4) is 0 Å². The Balaban J connectivity index is 1.19. The van der Waals surface area contributed by atoms with Crippen LogP contribution in [0, 0.1) is 5.92 Å². The van der Waals surface area contributed by atoms with Crippen LogP contribution < -0.4 is 5.32 Å². The number of rotatable bonds is 4. The molecule has 1 fully saturated rings. The van der Waals surface area contributed by atoms with Crippen LogP contribution in [0.15, 0.2) is 72.1 Å². The van der Waals surface area contributed by atoms with Gasteiger partial charge >= 0.3 is 0 Å². The number of carbonyl (C=O) groups is 2. The number of fused-ring (bicyclic) bond motifs is 1. The van der Waals surface area contributed by atoms with E-state index < -0.39 is 0 Å². The normalized spacial score (nSPS) is 14.4. The second-order valence-corrected chi connectivity index (χ2v) is 9.46. The van der Waals surface area contributed by atoms with Gasteiger partial charge in [0.2, 0.25) is 5.91 Å². The Hall–Kier alpha value is -3.22. The lowest BCUT2D eigenvalue weighted by Crippen LogP contribution is -2.41. The van der Waals surface area contributed by atoms with Crippen LogP contribution in [0.25, 0.3) is 22.0 Å². The number of anilines is 1. The van der Waals surface area contributed by atoms with E-state index in [9.17, 15) is 9.59 Å². The Kier molecular flexibility index (Phi) is 6.11. The third-order valence-corrected chi connectivity index (χ3v) is 7.03. The Labute approximate surface area is 201 Å². The number of amides is 2. The van der Waals surface area contributed by atoms with E-state index >= 15 is 0 Å². The first kappa shape index (κ1) is 21.6. The summed E-state index contributed by atoms with van der Waals surface area (Å²) in [6.45, 7) is 1.11. The van der Waals surface area contributed by atoms with Crippen LogP contribution in [-0.2, 0) is 4.79 Å². The fourth-order valence-corrected chi connectivity index (χ4v) is 4.99. The van der Waals surface area contributed by atoms with Crippen molar-refractivity contribution in [3.05, 3.63) is 82.7 Å². The van der Waals surface area contributed by atoms with Crippen molar-refractivity contribution in [3.63, 3.8) is 0 Å². The monoisotopic (exact) mass is 475 g/mol. The van der Waals surface area contributed by atoms with Gasteiger partial charge in [-0.05, 0) is 53.9 Å². The molecule has 33 heavy (non-hydrogen) atoms. The van der Waals surface area contributed by atoms with Crippen molar-refractivity contribution in [1.29, 1.82) is 0 Å². The molecule has 2 heterocycles. The van der Waals surface area contributed by atoms with Gasteiger partial charge in [0, 0.05) is 40.5 Å². The van der Waals surface area contributed by atoms with E-state index in [1.54, 1.807) is 29.2 Å². The van der Waals surface area contributed by atoms with Crippen molar-refractivity contribution in [2.75, 3.05) is 18.4 Å². The van der Waals surface area contributed by atoms with Gasteiger partial charge < -0.3 is 10.2 Å². The van der Waals surface area contributed by atoms with Crippen LogP contribution >= 0.6 is 22.9 Å². The van der Waals surface area contributed by atoms with Crippen molar-refractivity contribution in [2.24, 2.45) is 5.92 Å². The van der Waals surface area contributed by atoms with Crippen molar-refractivity contribution in [3.8, 4) is 11.3 Å². The molecule has 1 saturated heterocycles. The van der Waals surface area contributed by atoms with E-state index in [2.05, 4.69) is 40.6 Å². The standard InChI is InChI=1S/C26H22ClN3O2S/c27-22-9-7-19(8-10-22)25(32)30-13-11-18(12-14-30)24(31)29-26-28-23(16-33-26)21-6-5-17-3-1-2-4-20(17)15-21/h1-10,15-16,18H,11-14H2,(H,28,29,31). The molecule has 0 radical (unpaired) electrons. The minimum atomic E-state index is -0.132. The molecule has 3 aromatic carbocycles. The lowest BCUT2D eigenvalue weighted by atomic mass is 9.95. The number of piperidine rings is 1. The molecule has 1 N–H and O–H groups in total. The van der Waals surface area contributed by atoms with E-state index in [1.165, 1.54) is 16.7 Å². The SMILES string of the molecule is O=C(Nc1nc(-c2ccc3ccccc3c2)cs1)C1CCN(C(=O)c2ccc(Cl)cc2)CC1. The largest absolute Gasteiger partial charge is 0.339 e. The molecule has 0 bridgehead atoms. The zero-order valence-corrected chi connectivity index (χ0v) is 19.4. The molecule has 0 aliphatic carbocycles. The molecule has 1 aromatic heterocycles. The van der Waals surface area contributed by atoms with E-state index in [0.717, 1.165) is 16.6 Å². The Morgan fingerprint density at radius 2 is 1.70 bits per heavy atom. The molecule has 0 unspecified atom stereocenters. The summed E-state index contributed by atoms with van der Waals surface area (Å²) in [6.07, 6.45) is 1.27. The van der Waals surface area contributed by atoms with Gasteiger partial charge in [-0.2, -0.15) is 0 Å². The summed E-state index contributed by atoms with van der Waals surface area (Å²) in [5.74, 6) is -0.189. The van der Waals surface area contributed by atoms with Gasteiger partial charge in [-0.15, -0.1) is 11.3 Å². The lowest BCUT2D eigenvalue weighted by molar-refractivity contribution is -0.121. The number of halogens is 1. The van der Waals surface area contributed by atoms with Crippen LogP contribution in [0.5, 0.6) is 0 Å². The maximum atomic E-state index is 12.8. The van der Waals surface area contributed by atoms with E-state index in [1.807, 2.05) is 17.5 Å². The molecule has 0 spiro atoms. The van der Waals surface area contributed by atoms with E-state index in [4.69, 9.17) is 11.6 Å². The molecule has 5 rings (SSSR count). The van der Waals surface area contributed by atoms with Crippen LogP contribution in [0.2, 0.25) is 5.02 Å². The number of hydrogen-bond donors (Lipinski definition) is 1. The minimum absolute atomic E-state index is 0.0227. The summed E-state index contributed by atoms with van der Waals surface area (Å²) in [5.41, 5.74) is 2.50. The maximum absolute atomic E-state index is 12.8. The summed E-state index contributed by atoms with van der Waals surface area (Å²) in [4.78, 5) is 31.9. The fraction of sp³-hybridized carbons (Fsp3) is 0.192. The molecule has 2 amide bonds. The van der Waals surface area contributed by atoms with Crippen molar-refractivity contribution < 1.29 is 9.59 Å². The van der Waals surface area contributed by atoms with Gasteiger partial charge in [0.1, 0.15) is 0 Å². The van der Waals surface area contributed by atoms with Crippen molar-refractivity contribution >= 4 is 50.7 Å². The predicted octanol–water partition coefficient (Wildman–Crippen LogP) is 6.11. The molecular weight excluding hydrogens is 454 g/mol. The van der Waals surface area contributed by atoms with E-state index in [0.29, 0.717) is 41.6 Å². The van der Waals surface area contributed by atoms with E-state index in [-0.39, 0.29) is 17.7 Å². The minimum Gasteiger partial charge on any atom is -0.339 e. The zero-order chi connectivity index (χ0) is 22.8. The molecule has 0 saturated carbocycles. The zero-order valence-electron chi connectivity index (χ0n) is 17.8. The molecule has 7 heteroatoms. The topological polar surface area (TPSA) is 62.3 Å². The number of nitrogens with one attached hydrogen (secondary N) is 1. The number of likely N-dealkylation sites (tertiary alicyclic amines) is 1. The Morgan fingerprint density at radius 1 is 0.970 bits per heavy atom. The highest BCUT2D eigenvalue weighted by molar-refractivity contribution is 7.14. The first-order valence-corrected chi connectivity index (χ1v) is 12.1. The second-order valence-electron chi connectivity index (χ2n) is 8.16. The summed E-state index contributed by atoms with van der Waals surface area (Å²) in [5, 5.41) is 8.49. The lowest BCUT2D eigenvalue weighted by Gasteiger charge is -2.31. The van der Waals surface area contributed by atoms with Crippen LogP contribution in [0.1, 0.15) is 23.2 Å². The van der Waals surface area contributed by atoms with Crippen molar-refractivity contribution in [2.45, 2.75) is 12.8 Å². The third-order valence-electron chi connectivity index (χ3n) is 6.02. The quantitative estimate of drug-likeness (QED) is 0.387. The molecule has 0 atom stereocenters. The van der Waals surface area contributed by atoms with Gasteiger partial charge in [-0.1, -0.05) is 48.0 Å². The highest BCUT2D eigenvalue weighted by Gasteiger charge is 2.28. The highest BCUT2D eigenvalue weighted by atomic mass is 35.5.